The van der Waals surface area contributed by atoms with E-state index in [1.54, 1.807) is 13.1 Å². The van der Waals surface area contributed by atoms with Crippen LogP contribution in [-0.2, 0) is 0 Å². The number of rotatable bonds is 4. The summed E-state index contributed by atoms with van der Waals surface area (Å²) in [7, 11) is 3.12. The van der Waals surface area contributed by atoms with E-state index in [-0.39, 0.29) is 17.2 Å². The predicted molar refractivity (Wildman–Crippen MR) is 79.7 cm³/mol. The Morgan fingerprint density at radius 3 is 2.57 bits per heavy atom. The fourth-order valence-corrected chi connectivity index (χ4v) is 2.17. The monoisotopic (exact) mass is 288 g/mol. The van der Waals surface area contributed by atoms with E-state index in [9.17, 15) is 10.1 Å². The first kappa shape index (κ1) is 14.7. The molecule has 0 saturated carbocycles. The van der Waals surface area contributed by atoms with Crippen molar-refractivity contribution in [1.82, 2.24) is 9.97 Å². The van der Waals surface area contributed by atoms with Crippen LogP contribution in [0.15, 0.2) is 18.5 Å². The highest BCUT2D eigenvalue weighted by atomic mass is 16.6. The Hall–Kier alpha value is -2.70. The van der Waals surface area contributed by atoms with Gasteiger partial charge in [-0.1, -0.05) is 6.07 Å². The molecule has 1 heterocycles. The molecule has 1 N–H and O–H groups in total. The summed E-state index contributed by atoms with van der Waals surface area (Å²) in [5.41, 5.74) is 2.61. The number of benzene rings is 1. The molecular formula is C14H16N4O3. The maximum absolute atomic E-state index is 11.4. The molecule has 0 radical (unpaired) electrons. The minimum absolute atomic E-state index is 0.165. The van der Waals surface area contributed by atoms with Gasteiger partial charge in [-0.25, -0.2) is 9.97 Å². The van der Waals surface area contributed by atoms with Crippen molar-refractivity contribution in [3.05, 3.63) is 39.7 Å². The van der Waals surface area contributed by atoms with Crippen molar-refractivity contribution < 1.29 is 9.66 Å². The Balaban J connectivity index is 2.79. The van der Waals surface area contributed by atoms with Crippen LogP contribution in [-0.4, -0.2) is 29.0 Å². The van der Waals surface area contributed by atoms with Crippen molar-refractivity contribution >= 4 is 11.5 Å². The molecule has 0 fully saturated rings. The van der Waals surface area contributed by atoms with Crippen LogP contribution >= 0.6 is 0 Å². The molecule has 0 unspecified atom stereocenters. The van der Waals surface area contributed by atoms with Crippen LogP contribution in [0.4, 0.5) is 11.5 Å². The van der Waals surface area contributed by atoms with Crippen LogP contribution in [0, 0.1) is 24.0 Å². The third kappa shape index (κ3) is 2.49. The molecule has 0 amide bonds. The molecule has 7 nitrogen and oxygen atoms in total. The molecule has 0 aliphatic rings. The lowest BCUT2D eigenvalue weighted by atomic mass is 10.0. The number of aryl methyl sites for hydroxylation is 1. The molecule has 0 bridgehead atoms. The predicted octanol–water partition coefficient (Wildman–Crippen LogP) is 2.72. The highest BCUT2D eigenvalue weighted by Gasteiger charge is 2.26. The fourth-order valence-electron chi connectivity index (χ4n) is 2.17. The van der Waals surface area contributed by atoms with Crippen molar-refractivity contribution in [2.45, 2.75) is 13.8 Å². The molecule has 21 heavy (non-hydrogen) atoms. The van der Waals surface area contributed by atoms with Crippen molar-refractivity contribution in [3.63, 3.8) is 0 Å². The van der Waals surface area contributed by atoms with Crippen LogP contribution < -0.4 is 10.1 Å². The number of aromatic nitrogens is 2. The Kier molecular flexibility index (Phi) is 4.02. The average Bonchev–Trinajstić information content (AvgIpc) is 2.48. The smallest absolute Gasteiger partial charge is 0.337 e. The highest BCUT2D eigenvalue weighted by molar-refractivity contribution is 5.81. The highest BCUT2D eigenvalue weighted by Crippen LogP contribution is 2.39. The van der Waals surface area contributed by atoms with Crippen LogP contribution in [0.3, 0.4) is 0 Å². The summed E-state index contributed by atoms with van der Waals surface area (Å²) in [6, 6.07) is 3.66. The van der Waals surface area contributed by atoms with Gasteiger partial charge in [0.25, 0.3) is 0 Å². The Labute approximate surface area is 122 Å². The summed E-state index contributed by atoms with van der Waals surface area (Å²) in [4.78, 5) is 18.9. The largest absolute Gasteiger partial charge is 0.496 e. The van der Waals surface area contributed by atoms with E-state index < -0.39 is 4.92 Å². The second kappa shape index (κ2) is 5.74. The summed E-state index contributed by atoms with van der Waals surface area (Å²) >= 11 is 0. The second-order valence-corrected chi connectivity index (χ2v) is 4.51. The lowest BCUT2D eigenvalue weighted by molar-refractivity contribution is -0.383. The summed E-state index contributed by atoms with van der Waals surface area (Å²) in [6.07, 6.45) is 1.29. The van der Waals surface area contributed by atoms with Crippen molar-refractivity contribution in [3.8, 4) is 17.0 Å². The Bertz CT molecular complexity index is 701. The van der Waals surface area contributed by atoms with Gasteiger partial charge in [0.2, 0.25) is 5.82 Å². The first-order valence-electron chi connectivity index (χ1n) is 6.33. The molecular weight excluding hydrogens is 272 g/mol. The number of hydrogen-bond acceptors (Lipinski definition) is 6. The molecule has 0 aliphatic heterocycles. The number of ether oxygens (including phenoxy) is 1. The van der Waals surface area contributed by atoms with E-state index in [1.165, 1.54) is 13.4 Å². The molecule has 0 spiro atoms. The number of nitro groups is 1. The molecule has 2 rings (SSSR count). The SMILES string of the molecule is CNc1ncnc(-c2ccc(C)c(C)c2OC)c1[N+](=O)[O-]. The molecule has 0 saturated heterocycles. The number of nitrogens with zero attached hydrogens (tertiary/aromatic N) is 3. The van der Waals surface area contributed by atoms with Gasteiger partial charge in [-0.05, 0) is 31.0 Å². The number of anilines is 1. The van der Waals surface area contributed by atoms with Gasteiger partial charge >= 0.3 is 5.69 Å². The molecule has 7 heteroatoms. The number of hydrogen-bond donors (Lipinski definition) is 1. The molecule has 1 aromatic carbocycles. The minimum atomic E-state index is -0.490. The zero-order valence-electron chi connectivity index (χ0n) is 12.3. The molecule has 1 aromatic heterocycles. The van der Waals surface area contributed by atoms with Crippen LogP contribution in [0.25, 0.3) is 11.3 Å². The normalized spacial score (nSPS) is 10.3. The summed E-state index contributed by atoms with van der Waals surface area (Å²) < 4.78 is 5.42. The van der Waals surface area contributed by atoms with Gasteiger partial charge in [0.1, 0.15) is 12.1 Å². The number of nitrogens with one attached hydrogen (secondary N) is 1. The van der Waals surface area contributed by atoms with Crippen LogP contribution in [0.1, 0.15) is 11.1 Å². The Morgan fingerprint density at radius 1 is 1.29 bits per heavy atom. The van der Waals surface area contributed by atoms with Gasteiger partial charge in [0.15, 0.2) is 5.69 Å². The van der Waals surface area contributed by atoms with Crippen LogP contribution in [0.2, 0.25) is 0 Å². The zero-order chi connectivity index (χ0) is 15.6. The van der Waals surface area contributed by atoms with Gasteiger partial charge in [-0.15, -0.1) is 0 Å². The Morgan fingerprint density at radius 2 is 2.00 bits per heavy atom. The summed E-state index contributed by atoms with van der Waals surface area (Å²) in [5.74, 6) is 0.754. The van der Waals surface area contributed by atoms with E-state index in [1.807, 2.05) is 19.9 Å². The summed E-state index contributed by atoms with van der Waals surface area (Å²) in [5, 5.41) is 14.1. The van der Waals surface area contributed by atoms with Gasteiger partial charge in [0, 0.05) is 12.6 Å². The zero-order valence-corrected chi connectivity index (χ0v) is 12.3. The lowest BCUT2D eigenvalue weighted by Gasteiger charge is -2.13. The van der Waals surface area contributed by atoms with Crippen molar-refractivity contribution in [2.24, 2.45) is 0 Å². The second-order valence-electron chi connectivity index (χ2n) is 4.51. The maximum atomic E-state index is 11.4. The average molecular weight is 288 g/mol. The van der Waals surface area contributed by atoms with E-state index >= 15 is 0 Å². The van der Waals surface area contributed by atoms with Gasteiger partial charge in [-0.2, -0.15) is 0 Å². The molecule has 2 aromatic rings. The molecule has 0 aliphatic carbocycles. The maximum Gasteiger partial charge on any atom is 0.337 e. The van der Waals surface area contributed by atoms with Crippen molar-refractivity contribution in [1.29, 1.82) is 0 Å². The molecule has 110 valence electrons. The van der Waals surface area contributed by atoms with E-state index in [2.05, 4.69) is 15.3 Å². The molecule has 0 atom stereocenters. The van der Waals surface area contributed by atoms with Crippen molar-refractivity contribution in [2.75, 3.05) is 19.5 Å². The first-order chi connectivity index (χ1) is 10.0. The number of methoxy groups -OCH3 is 1. The van der Waals surface area contributed by atoms with E-state index in [4.69, 9.17) is 4.74 Å². The van der Waals surface area contributed by atoms with Gasteiger partial charge < -0.3 is 10.1 Å². The third-order valence-corrected chi connectivity index (χ3v) is 3.38. The van der Waals surface area contributed by atoms with E-state index in [0.29, 0.717) is 11.3 Å². The van der Waals surface area contributed by atoms with Gasteiger partial charge in [0.05, 0.1) is 12.0 Å². The first-order valence-corrected chi connectivity index (χ1v) is 6.33. The van der Waals surface area contributed by atoms with Crippen LogP contribution in [0.5, 0.6) is 5.75 Å². The lowest BCUT2D eigenvalue weighted by Crippen LogP contribution is -2.04. The quantitative estimate of drug-likeness (QED) is 0.687. The fraction of sp³-hybridized carbons (Fsp3) is 0.286. The summed E-state index contributed by atoms with van der Waals surface area (Å²) in [6.45, 7) is 3.86. The standard InChI is InChI=1S/C14H16N4O3/c1-8-5-6-10(13(21-4)9(8)2)11-12(18(19)20)14(15-3)17-7-16-11/h5-7H,1-4H3,(H,15,16,17). The minimum Gasteiger partial charge on any atom is -0.496 e. The topological polar surface area (TPSA) is 90.2 Å². The van der Waals surface area contributed by atoms with Gasteiger partial charge in [-0.3, -0.25) is 10.1 Å². The third-order valence-electron chi connectivity index (χ3n) is 3.38. The van der Waals surface area contributed by atoms with E-state index in [0.717, 1.165) is 11.1 Å².